The quantitative estimate of drug-likeness (QED) is 0.155. The van der Waals surface area contributed by atoms with Crippen molar-refractivity contribution in [2.75, 3.05) is 51.4 Å². The number of fused-ring (bicyclic) bond motifs is 1. The van der Waals surface area contributed by atoms with Crippen LogP contribution < -0.4 is 5.32 Å². The second-order valence-corrected chi connectivity index (χ2v) is 10.9. The van der Waals surface area contributed by atoms with Gasteiger partial charge in [0.25, 0.3) is 0 Å². The fraction of sp³-hybridized carbons (Fsp3) is 0.759. The summed E-state index contributed by atoms with van der Waals surface area (Å²) in [6.45, 7) is 8.02. The lowest BCUT2D eigenvalue weighted by atomic mass is 10.1. The summed E-state index contributed by atoms with van der Waals surface area (Å²) >= 11 is 6.32. The zero-order chi connectivity index (χ0) is 27.3. The number of hydrogen-bond acceptors (Lipinski definition) is 8. The number of unbranched alkanes of at least 4 members (excludes halogenated alkanes) is 5. The van der Waals surface area contributed by atoms with Gasteiger partial charge in [0.15, 0.2) is 11.9 Å². The highest BCUT2D eigenvalue weighted by molar-refractivity contribution is 6.28. The van der Waals surface area contributed by atoms with Crippen LogP contribution in [0.4, 0.5) is 5.82 Å². The first-order valence-electron chi connectivity index (χ1n) is 14.8. The molecule has 2 unspecified atom stereocenters. The highest BCUT2D eigenvalue weighted by Gasteiger charge is 2.28. The fourth-order valence-electron chi connectivity index (χ4n) is 5.36. The maximum absolute atomic E-state index is 6.32. The first-order chi connectivity index (χ1) is 19.2. The highest BCUT2D eigenvalue weighted by Crippen LogP contribution is 2.33. The minimum Gasteiger partial charge on any atom is -0.379 e. The van der Waals surface area contributed by atoms with E-state index in [-0.39, 0.29) is 17.6 Å². The van der Waals surface area contributed by atoms with Gasteiger partial charge in [0.05, 0.1) is 37.5 Å². The van der Waals surface area contributed by atoms with Gasteiger partial charge < -0.3 is 24.4 Å². The van der Waals surface area contributed by atoms with Crippen molar-refractivity contribution in [2.24, 2.45) is 0 Å². The Kier molecular flexibility index (Phi) is 12.6. The Labute approximate surface area is 238 Å². The summed E-state index contributed by atoms with van der Waals surface area (Å²) in [6, 6.07) is 0.331. The molecule has 10 heteroatoms. The molecule has 2 aliphatic rings. The molecule has 0 spiro atoms. The minimum atomic E-state index is -0.0944. The molecule has 0 aliphatic carbocycles. The molecule has 0 saturated carbocycles. The number of aromatic nitrogens is 4. The number of hydrogen-bond donors (Lipinski definition) is 1. The fourth-order valence-corrected chi connectivity index (χ4v) is 5.52. The molecule has 1 N–H and O–H groups in total. The van der Waals surface area contributed by atoms with Gasteiger partial charge in [0, 0.05) is 38.7 Å². The summed E-state index contributed by atoms with van der Waals surface area (Å²) < 4.78 is 19.5. The van der Waals surface area contributed by atoms with Crippen LogP contribution >= 0.6 is 11.6 Å². The molecule has 2 saturated heterocycles. The van der Waals surface area contributed by atoms with Crippen molar-refractivity contribution >= 4 is 28.5 Å². The zero-order valence-corrected chi connectivity index (χ0v) is 24.2. The first-order valence-corrected chi connectivity index (χ1v) is 15.2. The number of rotatable bonds is 17. The maximum atomic E-state index is 6.32. The third-order valence-corrected chi connectivity index (χ3v) is 7.87. The van der Waals surface area contributed by atoms with E-state index in [1.54, 1.807) is 0 Å². The molecule has 0 aromatic carbocycles. The van der Waals surface area contributed by atoms with Crippen molar-refractivity contribution in [2.45, 2.75) is 95.9 Å². The number of piperidine rings is 1. The summed E-state index contributed by atoms with van der Waals surface area (Å²) in [4.78, 5) is 11.4. The van der Waals surface area contributed by atoms with Crippen molar-refractivity contribution in [1.29, 1.82) is 0 Å². The topological polar surface area (TPSA) is 86.6 Å². The largest absolute Gasteiger partial charge is 0.379 e. The molecule has 2 aromatic rings. The van der Waals surface area contributed by atoms with Gasteiger partial charge in [-0.3, -0.25) is 0 Å². The second-order valence-electron chi connectivity index (χ2n) is 10.6. The standard InChI is InChI=1S/C29H45ClN6O3/c1-3-5-6-7-8-9-10-18-37-20-21-38-19-17-35-15-13-23(14-16-35)32-27-25-22-31-36(28(25)34-29(30)33-27)26-12-11-24(4-2)39-26/h1,22-24,26H,4-21H2,2H3,(H,32,33,34). The van der Waals surface area contributed by atoms with Crippen LogP contribution in [0.25, 0.3) is 11.0 Å². The molecule has 0 radical (unpaired) electrons. The summed E-state index contributed by atoms with van der Waals surface area (Å²) in [5.41, 5.74) is 0.730. The molecule has 2 atom stereocenters. The molecule has 216 valence electrons. The average Bonchev–Trinajstić information content (AvgIpc) is 3.59. The summed E-state index contributed by atoms with van der Waals surface area (Å²) in [6.07, 6.45) is 19.2. The summed E-state index contributed by atoms with van der Waals surface area (Å²) in [7, 11) is 0. The molecule has 9 nitrogen and oxygen atoms in total. The van der Waals surface area contributed by atoms with E-state index in [4.69, 9.17) is 32.2 Å². The van der Waals surface area contributed by atoms with E-state index < -0.39 is 0 Å². The highest BCUT2D eigenvalue weighted by atomic mass is 35.5. The van der Waals surface area contributed by atoms with Gasteiger partial charge in [-0.1, -0.05) is 26.2 Å². The Morgan fingerprint density at radius 2 is 1.79 bits per heavy atom. The SMILES string of the molecule is C#CCCCCCCCOCCOCCN1CCC(Nc2nc(Cl)nc3c2cnn3C2CCC(CC)O2)CC1. The number of nitrogens with one attached hydrogen (secondary N) is 1. The Hall–Kier alpha value is -1.96. The molecular weight excluding hydrogens is 516 g/mol. The van der Waals surface area contributed by atoms with Crippen molar-refractivity contribution in [3.05, 3.63) is 11.5 Å². The smallest absolute Gasteiger partial charge is 0.226 e. The van der Waals surface area contributed by atoms with Crippen LogP contribution in [-0.4, -0.2) is 82.9 Å². The number of anilines is 1. The molecule has 0 amide bonds. The van der Waals surface area contributed by atoms with Crippen molar-refractivity contribution < 1.29 is 14.2 Å². The molecule has 2 fully saturated rings. The van der Waals surface area contributed by atoms with Crippen LogP contribution in [0.3, 0.4) is 0 Å². The van der Waals surface area contributed by atoms with Crippen LogP contribution in [0, 0.1) is 12.3 Å². The number of terminal acetylenes is 1. The molecule has 4 heterocycles. The Balaban J connectivity index is 1.10. The normalized spacial score (nSPS) is 20.5. The molecular formula is C29H45ClN6O3. The number of ether oxygens (including phenoxy) is 3. The lowest BCUT2D eigenvalue weighted by Gasteiger charge is -2.32. The van der Waals surface area contributed by atoms with Gasteiger partial charge in [-0.05, 0) is 56.5 Å². The number of halogens is 1. The monoisotopic (exact) mass is 560 g/mol. The first kappa shape index (κ1) is 30.0. The van der Waals surface area contributed by atoms with E-state index in [0.717, 1.165) is 101 Å². The van der Waals surface area contributed by atoms with Gasteiger partial charge in [-0.25, -0.2) is 4.68 Å². The predicted molar refractivity (Wildman–Crippen MR) is 155 cm³/mol. The Morgan fingerprint density at radius 1 is 1.03 bits per heavy atom. The predicted octanol–water partition coefficient (Wildman–Crippen LogP) is 5.45. The van der Waals surface area contributed by atoms with E-state index in [0.29, 0.717) is 19.3 Å². The van der Waals surface area contributed by atoms with Gasteiger partial charge in [-0.2, -0.15) is 15.1 Å². The van der Waals surface area contributed by atoms with E-state index in [9.17, 15) is 0 Å². The van der Waals surface area contributed by atoms with Crippen LogP contribution in [0.1, 0.15) is 83.8 Å². The minimum absolute atomic E-state index is 0.0944. The van der Waals surface area contributed by atoms with E-state index >= 15 is 0 Å². The van der Waals surface area contributed by atoms with Crippen LogP contribution in [0.2, 0.25) is 5.28 Å². The van der Waals surface area contributed by atoms with Gasteiger partial charge in [0.2, 0.25) is 5.28 Å². The lowest BCUT2D eigenvalue weighted by Crippen LogP contribution is -2.40. The molecule has 0 bridgehead atoms. The number of likely N-dealkylation sites (tertiary alicyclic amines) is 1. The van der Waals surface area contributed by atoms with Gasteiger partial charge >= 0.3 is 0 Å². The third-order valence-electron chi connectivity index (χ3n) is 7.70. The maximum Gasteiger partial charge on any atom is 0.226 e. The molecule has 4 rings (SSSR count). The number of nitrogens with zero attached hydrogens (tertiary/aromatic N) is 5. The molecule has 2 aliphatic heterocycles. The van der Waals surface area contributed by atoms with E-state index in [1.807, 2.05) is 10.9 Å². The second kappa shape index (κ2) is 16.3. The third kappa shape index (κ3) is 9.29. The van der Waals surface area contributed by atoms with E-state index in [1.165, 1.54) is 19.3 Å². The molecule has 2 aromatic heterocycles. The van der Waals surface area contributed by atoms with Crippen molar-refractivity contribution in [1.82, 2.24) is 24.6 Å². The van der Waals surface area contributed by atoms with Gasteiger partial charge in [0.1, 0.15) is 5.82 Å². The molecule has 39 heavy (non-hydrogen) atoms. The van der Waals surface area contributed by atoms with Crippen LogP contribution in [0.5, 0.6) is 0 Å². The average molecular weight is 561 g/mol. The van der Waals surface area contributed by atoms with Gasteiger partial charge in [-0.15, -0.1) is 12.3 Å². The van der Waals surface area contributed by atoms with Crippen LogP contribution in [-0.2, 0) is 14.2 Å². The van der Waals surface area contributed by atoms with Crippen molar-refractivity contribution in [3.63, 3.8) is 0 Å². The summed E-state index contributed by atoms with van der Waals surface area (Å²) in [5, 5.41) is 9.33. The Morgan fingerprint density at radius 3 is 2.56 bits per heavy atom. The summed E-state index contributed by atoms with van der Waals surface area (Å²) in [5.74, 6) is 3.45. The van der Waals surface area contributed by atoms with E-state index in [2.05, 4.69) is 38.1 Å². The lowest BCUT2D eigenvalue weighted by molar-refractivity contribution is -0.00403. The Bertz CT molecular complexity index is 1040. The van der Waals surface area contributed by atoms with Crippen LogP contribution in [0.15, 0.2) is 6.20 Å². The van der Waals surface area contributed by atoms with Crippen molar-refractivity contribution in [3.8, 4) is 12.3 Å². The zero-order valence-electron chi connectivity index (χ0n) is 23.5.